The van der Waals surface area contributed by atoms with Crippen LogP contribution in [0.2, 0.25) is 0 Å². The highest BCUT2D eigenvalue weighted by Gasteiger charge is 2.31. The second kappa shape index (κ2) is 8.99. The second-order valence-electron chi connectivity index (χ2n) is 6.50. The molecule has 1 aliphatic carbocycles. The molecule has 0 bridgehead atoms. The van der Waals surface area contributed by atoms with Crippen LogP contribution in [0.4, 0.5) is 4.39 Å². The van der Waals surface area contributed by atoms with Crippen molar-refractivity contribution >= 4 is 5.91 Å². The molecule has 128 valence electrons. The van der Waals surface area contributed by atoms with Crippen molar-refractivity contribution in [2.24, 2.45) is 11.8 Å². The van der Waals surface area contributed by atoms with Crippen LogP contribution in [0.5, 0.6) is 0 Å². The zero-order chi connectivity index (χ0) is 16.7. The fraction of sp³-hybridized carbons (Fsp3) is 0.611. The van der Waals surface area contributed by atoms with Gasteiger partial charge in [0.05, 0.1) is 6.10 Å². The average Bonchev–Trinajstić information content (AvgIpc) is 2.59. The van der Waals surface area contributed by atoms with Crippen molar-refractivity contribution in [1.29, 1.82) is 0 Å². The Morgan fingerprint density at radius 3 is 2.61 bits per heavy atom. The molecule has 1 aromatic carbocycles. The maximum atomic E-state index is 13.6. The number of benzene rings is 1. The Labute approximate surface area is 136 Å². The van der Waals surface area contributed by atoms with Crippen LogP contribution in [0, 0.1) is 17.7 Å². The van der Waals surface area contributed by atoms with Crippen molar-refractivity contribution in [1.82, 2.24) is 5.48 Å². The molecule has 1 fully saturated rings. The van der Waals surface area contributed by atoms with Gasteiger partial charge in [0, 0.05) is 5.92 Å². The third kappa shape index (κ3) is 5.29. The zero-order valence-corrected chi connectivity index (χ0v) is 13.4. The van der Waals surface area contributed by atoms with Crippen LogP contribution in [0.15, 0.2) is 24.3 Å². The summed E-state index contributed by atoms with van der Waals surface area (Å²) < 4.78 is 13.6. The number of carbonyl (C=O) groups is 1. The number of aliphatic hydroxyl groups excluding tert-OH is 1. The van der Waals surface area contributed by atoms with Gasteiger partial charge in [-0.2, -0.15) is 0 Å². The van der Waals surface area contributed by atoms with Crippen molar-refractivity contribution in [3.63, 3.8) is 0 Å². The number of nitrogens with one attached hydrogen (secondary N) is 1. The lowest BCUT2D eigenvalue weighted by atomic mass is 9.77. The summed E-state index contributed by atoms with van der Waals surface area (Å²) in [6, 6.07) is 6.53. The third-order valence-corrected chi connectivity index (χ3v) is 4.90. The largest absolute Gasteiger partial charge is 0.393 e. The normalized spacial score (nSPS) is 18.4. The topological polar surface area (TPSA) is 69.6 Å². The lowest BCUT2D eigenvalue weighted by molar-refractivity contribution is -0.137. The molecule has 1 saturated carbocycles. The van der Waals surface area contributed by atoms with E-state index >= 15 is 0 Å². The van der Waals surface area contributed by atoms with Crippen LogP contribution in [0.25, 0.3) is 0 Å². The molecule has 0 spiro atoms. The van der Waals surface area contributed by atoms with E-state index in [1.54, 1.807) is 23.7 Å². The van der Waals surface area contributed by atoms with Gasteiger partial charge in [-0.15, -0.1) is 0 Å². The van der Waals surface area contributed by atoms with Crippen molar-refractivity contribution < 1.29 is 19.5 Å². The van der Waals surface area contributed by atoms with Crippen molar-refractivity contribution in [3.05, 3.63) is 35.6 Å². The van der Waals surface area contributed by atoms with Crippen LogP contribution in [-0.2, 0) is 11.2 Å². The summed E-state index contributed by atoms with van der Waals surface area (Å²) in [6.07, 6.45) is 5.74. The van der Waals surface area contributed by atoms with Crippen LogP contribution in [0.1, 0.15) is 50.5 Å². The van der Waals surface area contributed by atoms with E-state index in [9.17, 15) is 14.3 Å². The smallest absolute Gasteiger partial charge is 0.246 e. The molecule has 23 heavy (non-hydrogen) atoms. The van der Waals surface area contributed by atoms with E-state index in [2.05, 4.69) is 0 Å². The van der Waals surface area contributed by atoms with Gasteiger partial charge in [-0.1, -0.05) is 37.5 Å². The van der Waals surface area contributed by atoms with E-state index in [4.69, 9.17) is 5.21 Å². The summed E-state index contributed by atoms with van der Waals surface area (Å²) in [7, 11) is 0. The summed E-state index contributed by atoms with van der Waals surface area (Å²) in [4.78, 5) is 11.9. The minimum atomic E-state index is -0.682. The highest BCUT2D eigenvalue weighted by Crippen LogP contribution is 2.33. The Kier molecular flexibility index (Phi) is 6.99. The minimum absolute atomic E-state index is 0.207. The number of carbonyl (C=O) groups excluding carboxylic acids is 1. The fourth-order valence-corrected chi connectivity index (χ4v) is 3.57. The number of aryl methyl sites for hydroxylation is 1. The van der Waals surface area contributed by atoms with Crippen LogP contribution < -0.4 is 5.48 Å². The van der Waals surface area contributed by atoms with Crippen LogP contribution in [-0.4, -0.2) is 22.3 Å². The lowest BCUT2D eigenvalue weighted by Gasteiger charge is -2.30. The maximum Gasteiger partial charge on any atom is 0.246 e. The lowest BCUT2D eigenvalue weighted by Crippen LogP contribution is -2.36. The minimum Gasteiger partial charge on any atom is -0.393 e. The molecule has 1 amide bonds. The van der Waals surface area contributed by atoms with Gasteiger partial charge in [-0.25, -0.2) is 9.87 Å². The van der Waals surface area contributed by atoms with Crippen LogP contribution in [0.3, 0.4) is 0 Å². The predicted octanol–water partition coefficient (Wildman–Crippen LogP) is 3.21. The predicted molar refractivity (Wildman–Crippen MR) is 85.3 cm³/mol. The molecule has 4 nitrogen and oxygen atoms in total. The van der Waals surface area contributed by atoms with Crippen molar-refractivity contribution in [2.45, 2.75) is 57.5 Å². The van der Waals surface area contributed by atoms with Crippen molar-refractivity contribution in [2.75, 3.05) is 0 Å². The number of hydrogen-bond donors (Lipinski definition) is 3. The molecule has 0 saturated heterocycles. The van der Waals surface area contributed by atoms with Crippen molar-refractivity contribution in [3.8, 4) is 0 Å². The molecular formula is C18H26FNO3. The van der Waals surface area contributed by atoms with Gasteiger partial charge in [-0.05, 0) is 49.7 Å². The Bertz CT molecular complexity index is 503. The molecule has 1 aliphatic rings. The Morgan fingerprint density at radius 1 is 1.26 bits per heavy atom. The quantitative estimate of drug-likeness (QED) is 0.533. The van der Waals surface area contributed by atoms with Gasteiger partial charge in [0.25, 0.3) is 0 Å². The number of hydrogen-bond acceptors (Lipinski definition) is 3. The number of hydroxylamine groups is 1. The van der Waals surface area contributed by atoms with E-state index in [-0.39, 0.29) is 17.7 Å². The molecule has 5 heteroatoms. The number of amides is 1. The number of halogens is 1. The van der Waals surface area contributed by atoms with Gasteiger partial charge in [0.15, 0.2) is 0 Å². The molecule has 3 N–H and O–H groups in total. The van der Waals surface area contributed by atoms with Gasteiger partial charge in [0.2, 0.25) is 5.91 Å². The SMILES string of the molecule is O=C(NO)C(CC(O)CCc1ccccc1F)C1CCCCC1. The van der Waals surface area contributed by atoms with E-state index < -0.39 is 12.0 Å². The molecule has 0 radical (unpaired) electrons. The molecule has 2 unspecified atom stereocenters. The monoisotopic (exact) mass is 323 g/mol. The van der Waals surface area contributed by atoms with Gasteiger partial charge in [0.1, 0.15) is 5.82 Å². The van der Waals surface area contributed by atoms with Gasteiger partial charge in [-0.3, -0.25) is 10.0 Å². The summed E-state index contributed by atoms with van der Waals surface area (Å²) in [6.45, 7) is 0. The number of aliphatic hydroxyl groups is 1. The van der Waals surface area contributed by atoms with Crippen LogP contribution >= 0.6 is 0 Å². The summed E-state index contributed by atoms with van der Waals surface area (Å²) in [5, 5.41) is 19.2. The average molecular weight is 323 g/mol. The second-order valence-corrected chi connectivity index (χ2v) is 6.50. The highest BCUT2D eigenvalue weighted by molar-refractivity contribution is 5.77. The summed E-state index contributed by atoms with van der Waals surface area (Å²) >= 11 is 0. The Balaban J connectivity index is 1.90. The molecule has 2 atom stereocenters. The van der Waals surface area contributed by atoms with E-state index in [0.717, 1.165) is 25.7 Å². The molecule has 2 rings (SSSR count). The first-order valence-corrected chi connectivity index (χ1v) is 8.47. The molecule has 0 heterocycles. The number of rotatable bonds is 7. The first kappa shape index (κ1) is 17.9. The first-order chi connectivity index (χ1) is 11.1. The zero-order valence-electron chi connectivity index (χ0n) is 13.4. The molecule has 0 aliphatic heterocycles. The maximum absolute atomic E-state index is 13.6. The standard InChI is InChI=1S/C18H26FNO3/c19-17-9-5-4-8-14(17)10-11-15(21)12-16(18(22)20-23)13-6-2-1-3-7-13/h4-5,8-9,13,15-16,21,23H,1-3,6-7,10-12H2,(H,20,22). The molecule has 0 aromatic heterocycles. The van der Waals surface area contributed by atoms with Gasteiger partial charge >= 0.3 is 0 Å². The third-order valence-electron chi connectivity index (χ3n) is 4.90. The Hall–Kier alpha value is -1.46. The van der Waals surface area contributed by atoms with E-state index in [1.165, 1.54) is 12.5 Å². The Morgan fingerprint density at radius 2 is 1.96 bits per heavy atom. The van der Waals surface area contributed by atoms with E-state index in [0.29, 0.717) is 24.8 Å². The highest BCUT2D eigenvalue weighted by atomic mass is 19.1. The van der Waals surface area contributed by atoms with E-state index in [1.807, 2.05) is 0 Å². The summed E-state index contributed by atoms with van der Waals surface area (Å²) in [5.74, 6) is -0.853. The molecule has 1 aromatic rings. The summed E-state index contributed by atoms with van der Waals surface area (Å²) in [5.41, 5.74) is 2.32. The fourth-order valence-electron chi connectivity index (χ4n) is 3.57. The van der Waals surface area contributed by atoms with Gasteiger partial charge < -0.3 is 5.11 Å². The molecular weight excluding hydrogens is 297 g/mol. The first-order valence-electron chi connectivity index (χ1n) is 8.47.